The molecule has 0 heterocycles. The third kappa shape index (κ3) is 2.80. The van der Waals surface area contributed by atoms with Crippen molar-refractivity contribution in [2.75, 3.05) is 5.32 Å². The molecule has 20 heavy (non-hydrogen) atoms. The van der Waals surface area contributed by atoms with Crippen LogP contribution in [0.1, 0.15) is 44.3 Å². The van der Waals surface area contributed by atoms with E-state index in [4.69, 9.17) is 0 Å². The van der Waals surface area contributed by atoms with Crippen molar-refractivity contribution < 1.29 is 9.90 Å². The molecule has 1 aromatic rings. The molecule has 4 nitrogen and oxygen atoms in total. The lowest BCUT2D eigenvalue weighted by molar-refractivity contribution is 0.199. The number of hydrogen-bond donors (Lipinski definition) is 3. The van der Waals surface area contributed by atoms with Gasteiger partial charge < -0.3 is 15.7 Å². The molecule has 1 aromatic carbocycles. The Morgan fingerprint density at radius 1 is 1.25 bits per heavy atom. The van der Waals surface area contributed by atoms with E-state index in [1.165, 1.54) is 19.3 Å². The molecule has 2 fully saturated rings. The number of carbonyl (C=O) groups is 1. The van der Waals surface area contributed by atoms with Crippen LogP contribution in [0, 0.1) is 11.8 Å². The number of hydrogen-bond acceptors (Lipinski definition) is 2. The Bertz CT molecular complexity index is 484. The maximum Gasteiger partial charge on any atom is 0.319 e. The third-order valence-corrected chi connectivity index (χ3v) is 4.71. The Kier molecular flexibility index (Phi) is 3.66. The predicted octanol–water partition coefficient (Wildman–Crippen LogP) is 3.05. The second-order valence-electron chi connectivity index (χ2n) is 6.18. The Balaban J connectivity index is 1.53. The summed E-state index contributed by atoms with van der Waals surface area (Å²) in [6, 6.07) is 7.54. The summed E-state index contributed by atoms with van der Waals surface area (Å²) < 4.78 is 0. The van der Waals surface area contributed by atoms with Crippen LogP contribution in [0.15, 0.2) is 24.3 Å². The van der Waals surface area contributed by atoms with Crippen LogP contribution in [0.2, 0.25) is 0 Å². The van der Waals surface area contributed by atoms with Crippen LogP contribution in [0.25, 0.3) is 0 Å². The maximum absolute atomic E-state index is 12.0. The highest BCUT2D eigenvalue weighted by atomic mass is 16.3. The van der Waals surface area contributed by atoms with Crippen LogP contribution < -0.4 is 10.6 Å². The first-order chi connectivity index (χ1) is 9.61. The van der Waals surface area contributed by atoms with Crippen LogP contribution in [0.4, 0.5) is 10.5 Å². The van der Waals surface area contributed by atoms with Gasteiger partial charge in [-0.3, -0.25) is 0 Å². The van der Waals surface area contributed by atoms with Crippen LogP contribution in [0.3, 0.4) is 0 Å². The number of carbonyl (C=O) groups excluding carboxylic acids is 1. The first-order valence-electron chi connectivity index (χ1n) is 7.47. The second-order valence-corrected chi connectivity index (χ2v) is 6.18. The first kappa shape index (κ1) is 13.4. The first-order valence-corrected chi connectivity index (χ1v) is 7.47. The molecule has 2 aliphatic carbocycles. The van der Waals surface area contributed by atoms with Gasteiger partial charge >= 0.3 is 6.03 Å². The lowest BCUT2D eigenvalue weighted by Crippen LogP contribution is -2.40. The summed E-state index contributed by atoms with van der Waals surface area (Å²) in [6.07, 6.45) is 4.55. The highest BCUT2D eigenvalue weighted by Gasteiger charge is 2.40. The number of urea groups is 1. The minimum Gasteiger partial charge on any atom is -0.389 e. The standard InChI is InChI=1S/C16H22N2O2/c1-10(19)12-4-6-14(7-5-12)17-16(20)18-15-9-11-2-3-13(15)8-11/h4-7,10-11,13,15,19H,2-3,8-9H2,1H3,(H2,17,18,20). The summed E-state index contributed by atoms with van der Waals surface area (Å²) >= 11 is 0. The van der Waals surface area contributed by atoms with E-state index in [1.54, 1.807) is 6.92 Å². The summed E-state index contributed by atoms with van der Waals surface area (Å²) in [7, 11) is 0. The van der Waals surface area contributed by atoms with Gasteiger partial charge in [-0.1, -0.05) is 18.6 Å². The zero-order valence-electron chi connectivity index (χ0n) is 11.8. The number of aliphatic hydroxyl groups excluding tert-OH is 1. The number of fused-ring (bicyclic) bond motifs is 2. The summed E-state index contributed by atoms with van der Waals surface area (Å²) in [5, 5.41) is 15.4. The zero-order valence-corrected chi connectivity index (χ0v) is 11.8. The van der Waals surface area contributed by atoms with E-state index in [9.17, 15) is 9.90 Å². The SMILES string of the molecule is CC(O)c1ccc(NC(=O)NC2CC3CCC2C3)cc1. The molecule has 108 valence electrons. The molecule has 0 spiro atoms. The van der Waals surface area contributed by atoms with E-state index >= 15 is 0 Å². The number of benzene rings is 1. The Hall–Kier alpha value is -1.55. The van der Waals surface area contributed by atoms with E-state index in [-0.39, 0.29) is 6.03 Å². The fourth-order valence-corrected chi connectivity index (χ4v) is 3.60. The minimum atomic E-state index is -0.480. The maximum atomic E-state index is 12.0. The van der Waals surface area contributed by atoms with E-state index in [0.29, 0.717) is 12.0 Å². The van der Waals surface area contributed by atoms with E-state index in [0.717, 1.165) is 23.6 Å². The van der Waals surface area contributed by atoms with Gasteiger partial charge in [0.05, 0.1) is 6.10 Å². The van der Waals surface area contributed by atoms with Crippen LogP contribution >= 0.6 is 0 Å². The van der Waals surface area contributed by atoms with Crippen molar-refractivity contribution >= 4 is 11.7 Å². The molecule has 3 N–H and O–H groups in total. The molecule has 2 saturated carbocycles. The molecule has 0 saturated heterocycles. The van der Waals surface area contributed by atoms with Gasteiger partial charge in [0.2, 0.25) is 0 Å². The number of aliphatic hydroxyl groups is 1. The number of rotatable bonds is 3. The summed E-state index contributed by atoms with van der Waals surface area (Å²) in [5.74, 6) is 1.51. The Morgan fingerprint density at radius 3 is 2.55 bits per heavy atom. The molecule has 2 bridgehead atoms. The van der Waals surface area contributed by atoms with Crippen LogP contribution in [0.5, 0.6) is 0 Å². The molecule has 0 aliphatic heterocycles. The predicted molar refractivity (Wildman–Crippen MR) is 78.5 cm³/mol. The summed E-state index contributed by atoms with van der Waals surface area (Å²) in [5.41, 5.74) is 1.61. The fourth-order valence-electron chi connectivity index (χ4n) is 3.60. The Labute approximate surface area is 119 Å². The summed E-state index contributed by atoms with van der Waals surface area (Å²) in [6.45, 7) is 1.73. The van der Waals surface area contributed by atoms with Gasteiger partial charge in [-0.05, 0) is 55.7 Å². The second kappa shape index (κ2) is 5.44. The zero-order chi connectivity index (χ0) is 14.1. The lowest BCUT2D eigenvalue weighted by Gasteiger charge is -2.23. The quantitative estimate of drug-likeness (QED) is 0.793. The average Bonchev–Trinajstić information content (AvgIpc) is 3.01. The molecule has 4 heteroatoms. The molecular formula is C16H22N2O2. The normalized spacial score (nSPS) is 29.2. The molecule has 0 aromatic heterocycles. The third-order valence-electron chi connectivity index (χ3n) is 4.71. The van der Waals surface area contributed by atoms with Gasteiger partial charge in [-0.2, -0.15) is 0 Å². The number of nitrogens with one attached hydrogen (secondary N) is 2. The molecule has 2 aliphatic rings. The topological polar surface area (TPSA) is 61.4 Å². The van der Waals surface area contributed by atoms with Crippen molar-refractivity contribution in [3.63, 3.8) is 0 Å². The van der Waals surface area contributed by atoms with Crippen molar-refractivity contribution in [3.8, 4) is 0 Å². The van der Waals surface area contributed by atoms with Crippen molar-refractivity contribution in [3.05, 3.63) is 29.8 Å². The van der Waals surface area contributed by atoms with Crippen molar-refractivity contribution in [1.29, 1.82) is 0 Å². The van der Waals surface area contributed by atoms with Gasteiger partial charge in [-0.25, -0.2) is 4.79 Å². The monoisotopic (exact) mass is 274 g/mol. The lowest BCUT2D eigenvalue weighted by atomic mass is 9.95. The van der Waals surface area contributed by atoms with E-state index in [1.807, 2.05) is 24.3 Å². The number of amides is 2. The van der Waals surface area contributed by atoms with Crippen molar-refractivity contribution in [2.24, 2.45) is 11.8 Å². The van der Waals surface area contributed by atoms with Crippen molar-refractivity contribution in [1.82, 2.24) is 5.32 Å². The van der Waals surface area contributed by atoms with Gasteiger partial charge in [-0.15, -0.1) is 0 Å². The molecule has 4 unspecified atom stereocenters. The molecule has 4 atom stereocenters. The number of anilines is 1. The smallest absolute Gasteiger partial charge is 0.319 e. The molecule has 0 radical (unpaired) electrons. The fraction of sp³-hybridized carbons (Fsp3) is 0.562. The van der Waals surface area contributed by atoms with Gasteiger partial charge in [0.1, 0.15) is 0 Å². The van der Waals surface area contributed by atoms with Crippen molar-refractivity contribution in [2.45, 2.75) is 44.8 Å². The highest BCUT2D eigenvalue weighted by Crippen LogP contribution is 2.44. The van der Waals surface area contributed by atoms with Crippen LogP contribution in [-0.2, 0) is 0 Å². The largest absolute Gasteiger partial charge is 0.389 e. The van der Waals surface area contributed by atoms with E-state index in [2.05, 4.69) is 10.6 Å². The average molecular weight is 274 g/mol. The van der Waals surface area contributed by atoms with E-state index < -0.39 is 6.10 Å². The molecular weight excluding hydrogens is 252 g/mol. The van der Waals surface area contributed by atoms with Gasteiger partial charge in [0.15, 0.2) is 0 Å². The molecule has 2 amide bonds. The van der Waals surface area contributed by atoms with Gasteiger partial charge in [0, 0.05) is 11.7 Å². The Morgan fingerprint density at radius 2 is 2.00 bits per heavy atom. The van der Waals surface area contributed by atoms with Crippen LogP contribution in [-0.4, -0.2) is 17.2 Å². The molecule has 3 rings (SSSR count). The highest BCUT2D eigenvalue weighted by molar-refractivity contribution is 5.89. The summed E-state index contributed by atoms with van der Waals surface area (Å²) in [4.78, 5) is 12.0. The minimum absolute atomic E-state index is 0.118. The van der Waals surface area contributed by atoms with Gasteiger partial charge in [0.25, 0.3) is 0 Å².